The van der Waals surface area contributed by atoms with Crippen LogP contribution in [0, 0.1) is 0 Å². The zero-order valence-corrected chi connectivity index (χ0v) is 17.1. The third kappa shape index (κ3) is 3.71. The molecule has 0 N–H and O–H groups in total. The Balaban J connectivity index is 0.000000140. The van der Waals surface area contributed by atoms with E-state index in [9.17, 15) is 0 Å². The maximum Gasteiger partial charge on any atom is 0.0273 e. The van der Waals surface area contributed by atoms with Gasteiger partial charge < -0.3 is 0 Å². The van der Waals surface area contributed by atoms with Crippen molar-refractivity contribution in [3.63, 3.8) is 0 Å². The molecule has 1 nitrogen and oxygen atoms in total. The minimum absolute atomic E-state index is 1.08. The van der Waals surface area contributed by atoms with Crippen molar-refractivity contribution >= 4 is 12.2 Å². The van der Waals surface area contributed by atoms with Crippen molar-refractivity contribution in [1.82, 2.24) is 4.98 Å². The minimum Gasteiger partial charge on any atom is -0.265 e. The van der Waals surface area contributed by atoms with Crippen molar-refractivity contribution in [3.8, 4) is 22.3 Å². The fourth-order valence-corrected chi connectivity index (χ4v) is 4.48. The molecule has 1 heterocycles. The molecule has 2 aliphatic carbocycles. The van der Waals surface area contributed by atoms with Gasteiger partial charge in [-0.15, -0.1) is 0 Å². The molecule has 0 bridgehead atoms. The minimum atomic E-state index is 1.08. The van der Waals surface area contributed by atoms with Gasteiger partial charge in [0.15, 0.2) is 0 Å². The Morgan fingerprint density at radius 2 is 1.33 bits per heavy atom. The molecule has 2 aliphatic rings. The van der Waals surface area contributed by atoms with Crippen LogP contribution in [-0.2, 0) is 12.8 Å². The Morgan fingerprint density at radius 1 is 0.567 bits per heavy atom. The number of aromatic nitrogens is 1. The molecule has 1 heteroatoms. The van der Waals surface area contributed by atoms with Crippen LogP contribution in [0.3, 0.4) is 0 Å². The Hall–Kier alpha value is -3.45. The lowest BCUT2D eigenvalue weighted by Crippen LogP contribution is -2.33. The average molecular weight is 388 g/mol. The fourth-order valence-electron chi connectivity index (χ4n) is 4.48. The summed E-state index contributed by atoms with van der Waals surface area (Å²) in [5.41, 5.74) is 8.30. The largest absolute Gasteiger partial charge is 0.265 e. The first-order valence-electron chi connectivity index (χ1n) is 10.8. The van der Waals surface area contributed by atoms with E-state index in [0.717, 1.165) is 6.42 Å². The van der Waals surface area contributed by atoms with Crippen molar-refractivity contribution in [2.75, 3.05) is 0 Å². The van der Waals surface area contributed by atoms with Gasteiger partial charge in [-0.05, 0) is 81.6 Å². The standard InChI is InChI=1S/C18H16.C11H9N/c1-3-7-15-13(5-1)9-11-18-16-8-4-2-6-14(16)10-12-17(15)18;1-2-4-10(5-3-1)11-6-8-12-9-7-11/h1,3,5,7-8,10-12H,2,4,6,9H2;1-9H. The quantitative estimate of drug-likeness (QED) is 0.417. The summed E-state index contributed by atoms with van der Waals surface area (Å²) in [6, 6.07) is 27.8. The van der Waals surface area contributed by atoms with Crippen LogP contribution < -0.4 is 10.4 Å². The highest BCUT2D eigenvalue weighted by Gasteiger charge is 2.13. The Kier molecular flexibility index (Phi) is 5.26. The number of benzene rings is 3. The van der Waals surface area contributed by atoms with E-state index in [-0.39, 0.29) is 0 Å². The van der Waals surface area contributed by atoms with Crippen molar-refractivity contribution < 1.29 is 0 Å². The molecule has 30 heavy (non-hydrogen) atoms. The molecule has 0 spiro atoms. The van der Waals surface area contributed by atoms with Gasteiger partial charge in [-0.25, -0.2) is 0 Å². The van der Waals surface area contributed by atoms with Crippen LogP contribution in [0.5, 0.6) is 0 Å². The van der Waals surface area contributed by atoms with Crippen molar-refractivity contribution in [3.05, 3.63) is 113 Å². The summed E-state index contributed by atoms with van der Waals surface area (Å²) in [5, 5.41) is 2.99. The number of hydrogen-bond donors (Lipinski definition) is 0. The third-order valence-corrected chi connectivity index (χ3v) is 6.00. The van der Waals surface area contributed by atoms with Gasteiger partial charge in [-0.2, -0.15) is 0 Å². The van der Waals surface area contributed by atoms with E-state index in [1.54, 1.807) is 0 Å². The summed E-state index contributed by atoms with van der Waals surface area (Å²) < 4.78 is 0. The van der Waals surface area contributed by atoms with Crippen molar-refractivity contribution in [2.45, 2.75) is 25.7 Å². The number of nitrogens with zero attached hydrogens (tertiary/aromatic N) is 1. The Labute approximate surface area is 178 Å². The summed E-state index contributed by atoms with van der Waals surface area (Å²) in [6.45, 7) is 0. The number of rotatable bonds is 1. The van der Waals surface area contributed by atoms with Crippen LogP contribution in [-0.4, -0.2) is 4.98 Å². The van der Waals surface area contributed by atoms with E-state index in [1.807, 2.05) is 42.7 Å². The summed E-state index contributed by atoms with van der Waals surface area (Å²) >= 11 is 0. The highest BCUT2D eigenvalue weighted by molar-refractivity contribution is 5.74. The van der Waals surface area contributed by atoms with Crippen LogP contribution in [0.25, 0.3) is 34.4 Å². The van der Waals surface area contributed by atoms with E-state index in [4.69, 9.17) is 0 Å². The molecule has 0 saturated carbocycles. The fraction of sp³-hybridized carbons (Fsp3) is 0.138. The molecule has 146 valence electrons. The molecule has 0 unspecified atom stereocenters. The third-order valence-electron chi connectivity index (χ3n) is 6.00. The predicted molar refractivity (Wildman–Crippen MR) is 126 cm³/mol. The smallest absolute Gasteiger partial charge is 0.0273 e. The number of pyridine rings is 1. The first-order valence-corrected chi connectivity index (χ1v) is 10.8. The lowest BCUT2D eigenvalue weighted by molar-refractivity contribution is 0.834. The molecule has 0 radical (unpaired) electrons. The normalized spacial score (nSPS) is 13.3. The maximum absolute atomic E-state index is 3.97. The Morgan fingerprint density at radius 3 is 2.20 bits per heavy atom. The van der Waals surface area contributed by atoms with Gasteiger partial charge in [0, 0.05) is 12.4 Å². The summed E-state index contributed by atoms with van der Waals surface area (Å²) in [7, 11) is 0. The highest BCUT2D eigenvalue weighted by atomic mass is 14.6. The monoisotopic (exact) mass is 387 g/mol. The van der Waals surface area contributed by atoms with E-state index in [2.05, 4.69) is 65.7 Å². The van der Waals surface area contributed by atoms with Crippen LogP contribution in [0.1, 0.15) is 24.0 Å². The maximum atomic E-state index is 3.97. The second-order valence-corrected chi connectivity index (χ2v) is 7.86. The van der Waals surface area contributed by atoms with Gasteiger partial charge in [0.05, 0.1) is 0 Å². The van der Waals surface area contributed by atoms with Gasteiger partial charge in [-0.3, -0.25) is 4.98 Å². The highest BCUT2D eigenvalue weighted by Crippen LogP contribution is 2.24. The van der Waals surface area contributed by atoms with Crippen LogP contribution >= 0.6 is 0 Å². The van der Waals surface area contributed by atoms with E-state index < -0.39 is 0 Å². The lowest BCUT2D eigenvalue weighted by atomic mass is 9.87. The molecule has 6 rings (SSSR count). The van der Waals surface area contributed by atoms with Gasteiger partial charge in [-0.1, -0.05) is 78.9 Å². The molecule has 0 aliphatic heterocycles. The molecule has 1 aromatic heterocycles. The summed E-state index contributed by atoms with van der Waals surface area (Å²) in [6.07, 6.45) is 13.3. The first kappa shape index (κ1) is 18.6. The van der Waals surface area contributed by atoms with Crippen molar-refractivity contribution in [2.24, 2.45) is 0 Å². The van der Waals surface area contributed by atoms with Crippen molar-refractivity contribution in [1.29, 1.82) is 0 Å². The van der Waals surface area contributed by atoms with Gasteiger partial charge >= 0.3 is 0 Å². The van der Waals surface area contributed by atoms with Crippen LogP contribution in [0.2, 0.25) is 0 Å². The second kappa shape index (κ2) is 8.51. The van der Waals surface area contributed by atoms with Crippen LogP contribution in [0.15, 0.2) is 91.3 Å². The number of aryl methyl sites for hydroxylation is 1. The number of fused-ring (bicyclic) bond motifs is 5. The summed E-state index contributed by atoms with van der Waals surface area (Å²) in [5.74, 6) is 0. The summed E-state index contributed by atoms with van der Waals surface area (Å²) in [4.78, 5) is 3.97. The molecular formula is C29H25N. The zero-order valence-electron chi connectivity index (χ0n) is 17.1. The lowest BCUT2D eigenvalue weighted by Gasteiger charge is -2.17. The van der Waals surface area contributed by atoms with Gasteiger partial charge in [0.25, 0.3) is 0 Å². The molecule has 0 saturated heterocycles. The van der Waals surface area contributed by atoms with Crippen LogP contribution in [0.4, 0.5) is 0 Å². The SMILES string of the molecule is C1=c2c(ccc3c2=CCc2ccccc2-3)CCC1.c1ccc(-c2ccncc2)cc1. The Bertz CT molecular complexity index is 1230. The molecular weight excluding hydrogens is 362 g/mol. The second-order valence-electron chi connectivity index (χ2n) is 7.86. The molecule has 0 amide bonds. The molecule has 3 aromatic carbocycles. The average Bonchev–Trinajstić information content (AvgIpc) is 2.85. The first-order chi connectivity index (χ1) is 14.9. The predicted octanol–water partition coefficient (Wildman–Crippen LogP) is 5.56. The molecule has 4 aromatic rings. The number of hydrogen-bond acceptors (Lipinski definition) is 1. The van der Waals surface area contributed by atoms with E-state index in [0.29, 0.717) is 0 Å². The topological polar surface area (TPSA) is 12.9 Å². The molecule has 0 fully saturated rings. The zero-order chi connectivity index (χ0) is 20.2. The van der Waals surface area contributed by atoms with E-state index >= 15 is 0 Å². The van der Waals surface area contributed by atoms with Gasteiger partial charge in [0.2, 0.25) is 0 Å². The molecule has 0 atom stereocenters. The van der Waals surface area contributed by atoms with E-state index in [1.165, 1.54) is 63.1 Å². The van der Waals surface area contributed by atoms with Gasteiger partial charge in [0.1, 0.15) is 0 Å².